The summed E-state index contributed by atoms with van der Waals surface area (Å²) in [7, 11) is 0. The van der Waals surface area contributed by atoms with Crippen molar-refractivity contribution in [3.8, 4) is 10.7 Å². The van der Waals surface area contributed by atoms with Crippen molar-refractivity contribution < 1.29 is 0 Å². The number of rotatable bonds is 2. The maximum atomic E-state index is 4.59. The van der Waals surface area contributed by atoms with Crippen LogP contribution >= 0.6 is 36.2 Å². The molecule has 0 aliphatic carbocycles. The second-order valence-electron chi connectivity index (χ2n) is 4.05. The van der Waals surface area contributed by atoms with Crippen LogP contribution < -0.4 is 5.32 Å². The van der Waals surface area contributed by atoms with E-state index < -0.39 is 0 Å². The van der Waals surface area contributed by atoms with E-state index in [2.05, 4.69) is 31.9 Å². The Bertz CT molecular complexity index is 451. The highest BCUT2D eigenvalue weighted by Crippen LogP contribution is 2.25. The molecule has 4 nitrogen and oxygen atoms in total. The molecule has 1 saturated heterocycles. The van der Waals surface area contributed by atoms with E-state index in [0.29, 0.717) is 5.92 Å². The summed E-state index contributed by atoms with van der Waals surface area (Å²) in [6.45, 7) is 2.17. The van der Waals surface area contributed by atoms with E-state index >= 15 is 0 Å². The molecule has 0 spiro atoms. The molecule has 18 heavy (non-hydrogen) atoms. The molecule has 0 atom stereocenters. The van der Waals surface area contributed by atoms with Crippen LogP contribution in [0.25, 0.3) is 10.7 Å². The molecule has 1 aliphatic heterocycles. The largest absolute Gasteiger partial charge is 0.317 e. The van der Waals surface area contributed by atoms with Gasteiger partial charge in [0.05, 0.1) is 4.88 Å². The Morgan fingerprint density at radius 3 is 2.67 bits per heavy atom. The summed E-state index contributed by atoms with van der Waals surface area (Å²) in [5.41, 5.74) is 0. The number of hydrogen-bond donors (Lipinski definition) is 2. The normalized spacial score (nSPS) is 15.8. The van der Waals surface area contributed by atoms with Crippen LogP contribution in [0.2, 0.25) is 0 Å². The molecule has 0 saturated carbocycles. The Morgan fingerprint density at radius 2 is 2.00 bits per heavy atom. The third-order valence-electron chi connectivity index (χ3n) is 2.97. The molecular weight excluding hydrogens is 291 g/mol. The fraction of sp³-hybridized carbons (Fsp3) is 0.455. The Morgan fingerprint density at radius 1 is 1.22 bits per heavy atom. The maximum absolute atomic E-state index is 4.59. The van der Waals surface area contributed by atoms with Gasteiger partial charge in [-0.05, 0) is 37.4 Å². The van der Waals surface area contributed by atoms with Crippen molar-refractivity contribution in [2.24, 2.45) is 0 Å². The lowest BCUT2D eigenvalue weighted by Crippen LogP contribution is -2.27. The van der Waals surface area contributed by atoms with Crippen LogP contribution in [0, 0.1) is 0 Å². The van der Waals surface area contributed by atoms with Crippen LogP contribution in [0.3, 0.4) is 0 Å². The second kappa shape index (κ2) is 7.09. The molecule has 0 amide bonds. The number of piperidine rings is 1. The molecule has 1 fully saturated rings. The van der Waals surface area contributed by atoms with E-state index in [9.17, 15) is 0 Å². The highest BCUT2D eigenvalue weighted by atomic mass is 35.5. The molecule has 2 aromatic rings. The monoisotopic (exact) mass is 306 g/mol. The zero-order valence-electron chi connectivity index (χ0n) is 9.76. The quantitative estimate of drug-likeness (QED) is 0.897. The topological polar surface area (TPSA) is 53.6 Å². The minimum atomic E-state index is 0. The Kier molecular flexibility index (Phi) is 6.08. The number of halogens is 2. The van der Waals surface area contributed by atoms with Gasteiger partial charge in [0.1, 0.15) is 5.82 Å². The van der Waals surface area contributed by atoms with Crippen molar-refractivity contribution in [1.82, 2.24) is 20.5 Å². The first-order valence-corrected chi connectivity index (χ1v) is 6.48. The lowest BCUT2D eigenvalue weighted by atomic mass is 9.98. The number of aromatic amines is 1. The zero-order chi connectivity index (χ0) is 10.8. The van der Waals surface area contributed by atoms with Crippen LogP contribution in [-0.4, -0.2) is 28.3 Å². The molecule has 3 rings (SSSR count). The highest BCUT2D eigenvalue weighted by molar-refractivity contribution is 7.13. The molecule has 0 unspecified atom stereocenters. The van der Waals surface area contributed by atoms with Gasteiger partial charge >= 0.3 is 0 Å². The van der Waals surface area contributed by atoms with Gasteiger partial charge in [-0.25, -0.2) is 4.98 Å². The summed E-state index contributed by atoms with van der Waals surface area (Å²) in [4.78, 5) is 5.73. The number of nitrogens with zero attached hydrogens (tertiary/aromatic N) is 2. The van der Waals surface area contributed by atoms with Crippen molar-refractivity contribution in [2.75, 3.05) is 13.1 Å². The van der Waals surface area contributed by atoms with Gasteiger partial charge in [0, 0.05) is 5.92 Å². The predicted octanol–water partition coefficient (Wildman–Crippen LogP) is 2.84. The van der Waals surface area contributed by atoms with Gasteiger partial charge in [-0.15, -0.1) is 36.2 Å². The third-order valence-corrected chi connectivity index (χ3v) is 3.84. The van der Waals surface area contributed by atoms with Crippen LogP contribution in [0.5, 0.6) is 0 Å². The van der Waals surface area contributed by atoms with Gasteiger partial charge in [0.2, 0.25) is 0 Å². The fourth-order valence-corrected chi connectivity index (χ4v) is 2.73. The van der Waals surface area contributed by atoms with Crippen molar-refractivity contribution >= 4 is 36.2 Å². The minimum Gasteiger partial charge on any atom is -0.317 e. The molecular formula is C11H16Cl2N4S. The van der Waals surface area contributed by atoms with Gasteiger partial charge in [0.15, 0.2) is 5.82 Å². The molecule has 0 radical (unpaired) electrons. The van der Waals surface area contributed by atoms with E-state index in [4.69, 9.17) is 0 Å². The third kappa shape index (κ3) is 3.23. The predicted molar refractivity (Wildman–Crippen MR) is 79.0 cm³/mol. The van der Waals surface area contributed by atoms with Gasteiger partial charge in [-0.3, -0.25) is 5.10 Å². The van der Waals surface area contributed by atoms with E-state index in [0.717, 1.165) is 42.5 Å². The van der Waals surface area contributed by atoms with Gasteiger partial charge < -0.3 is 5.32 Å². The molecule has 0 aromatic carbocycles. The fourth-order valence-electron chi connectivity index (χ4n) is 2.07. The standard InChI is InChI=1S/C11H14N4S.2ClH/c1-2-9(16-7-1)11-13-10(14-15-11)8-3-5-12-6-4-8;;/h1-2,7-8,12H,3-6H2,(H,13,14,15);2*1H. The van der Waals surface area contributed by atoms with Crippen molar-refractivity contribution in [2.45, 2.75) is 18.8 Å². The summed E-state index contributed by atoms with van der Waals surface area (Å²) in [5.74, 6) is 2.43. The molecule has 2 N–H and O–H groups in total. The molecule has 100 valence electrons. The smallest absolute Gasteiger partial charge is 0.191 e. The molecule has 0 bridgehead atoms. The SMILES string of the molecule is Cl.Cl.c1csc(-c2n[nH]c(C3CCNCC3)n2)c1. The molecule has 3 heterocycles. The van der Waals surface area contributed by atoms with E-state index in [-0.39, 0.29) is 24.8 Å². The second-order valence-corrected chi connectivity index (χ2v) is 4.99. The highest BCUT2D eigenvalue weighted by Gasteiger charge is 2.19. The maximum Gasteiger partial charge on any atom is 0.191 e. The number of thiophene rings is 1. The minimum absolute atomic E-state index is 0. The molecule has 7 heteroatoms. The molecule has 1 aliphatic rings. The zero-order valence-corrected chi connectivity index (χ0v) is 12.2. The Balaban J connectivity index is 0.000000810. The van der Waals surface area contributed by atoms with Gasteiger partial charge in [-0.2, -0.15) is 5.10 Å². The summed E-state index contributed by atoms with van der Waals surface area (Å²) < 4.78 is 0. The number of nitrogens with one attached hydrogen (secondary N) is 2. The molecule has 2 aromatic heterocycles. The summed E-state index contributed by atoms with van der Waals surface area (Å²) in [5, 5.41) is 12.8. The Labute approximate surface area is 122 Å². The van der Waals surface area contributed by atoms with Crippen molar-refractivity contribution in [1.29, 1.82) is 0 Å². The van der Waals surface area contributed by atoms with Crippen molar-refractivity contribution in [3.05, 3.63) is 23.3 Å². The summed E-state index contributed by atoms with van der Waals surface area (Å²) in [6, 6.07) is 4.08. The summed E-state index contributed by atoms with van der Waals surface area (Å²) >= 11 is 1.68. The number of aromatic nitrogens is 3. The number of hydrogen-bond acceptors (Lipinski definition) is 4. The first kappa shape index (κ1) is 15.4. The summed E-state index contributed by atoms with van der Waals surface area (Å²) in [6.07, 6.45) is 2.30. The van der Waals surface area contributed by atoms with Gasteiger partial charge in [0.25, 0.3) is 0 Å². The van der Waals surface area contributed by atoms with Crippen LogP contribution in [0.4, 0.5) is 0 Å². The number of H-pyrrole nitrogens is 1. The average molecular weight is 307 g/mol. The average Bonchev–Trinajstić information content (AvgIpc) is 3.01. The van der Waals surface area contributed by atoms with E-state index in [1.54, 1.807) is 11.3 Å². The van der Waals surface area contributed by atoms with Crippen molar-refractivity contribution in [3.63, 3.8) is 0 Å². The Hall–Kier alpha value is -0.620. The van der Waals surface area contributed by atoms with E-state index in [1.807, 2.05) is 6.07 Å². The first-order valence-electron chi connectivity index (χ1n) is 5.60. The first-order chi connectivity index (χ1) is 7.93. The van der Waals surface area contributed by atoms with Crippen LogP contribution in [-0.2, 0) is 0 Å². The lowest BCUT2D eigenvalue weighted by Gasteiger charge is -2.19. The van der Waals surface area contributed by atoms with Gasteiger partial charge in [-0.1, -0.05) is 6.07 Å². The lowest BCUT2D eigenvalue weighted by molar-refractivity contribution is 0.446. The van der Waals surface area contributed by atoms with Crippen LogP contribution in [0.15, 0.2) is 17.5 Å². The van der Waals surface area contributed by atoms with E-state index in [1.165, 1.54) is 0 Å². The van der Waals surface area contributed by atoms with Crippen LogP contribution in [0.1, 0.15) is 24.6 Å².